The Hall–Kier alpha value is -1.40. The molecule has 0 radical (unpaired) electrons. The molecular formula is C14H22N2O3S. The molecule has 0 fully saturated rings. The van der Waals surface area contributed by atoms with Gasteiger partial charge in [0, 0.05) is 13.1 Å². The molecule has 1 amide bonds. The van der Waals surface area contributed by atoms with Crippen LogP contribution in [0, 0.1) is 6.92 Å². The molecule has 1 N–H and O–H groups in total. The lowest BCUT2D eigenvalue weighted by molar-refractivity contribution is -0.121. The Bertz CT molecular complexity index is 555. The van der Waals surface area contributed by atoms with E-state index in [0.29, 0.717) is 19.5 Å². The minimum atomic E-state index is -3.34. The van der Waals surface area contributed by atoms with Crippen LogP contribution in [0.3, 0.4) is 0 Å². The Morgan fingerprint density at radius 3 is 2.50 bits per heavy atom. The number of amides is 1. The van der Waals surface area contributed by atoms with Gasteiger partial charge in [0.25, 0.3) is 0 Å². The third-order valence-electron chi connectivity index (χ3n) is 3.00. The number of aryl methyl sites for hydroxylation is 1. The second-order valence-electron chi connectivity index (χ2n) is 4.80. The van der Waals surface area contributed by atoms with Crippen LogP contribution in [0.5, 0.6) is 0 Å². The molecule has 0 unspecified atom stereocenters. The average molecular weight is 298 g/mol. The number of carbonyl (C=O) groups excluding carboxylic acids is 1. The molecule has 0 spiro atoms. The fourth-order valence-corrected chi connectivity index (χ4v) is 2.70. The number of carbonyl (C=O) groups is 1. The number of nitrogens with zero attached hydrogens (tertiary/aromatic N) is 1. The average Bonchev–Trinajstić information content (AvgIpc) is 2.36. The Kier molecular flexibility index (Phi) is 6.16. The van der Waals surface area contributed by atoms with Crippen LogP contribution in [0.1, 0.15) is 24.5 Å². The van der Waals surface area contributed by atoms with Gasteiger partial charge in [-0.1, -0.05) is 31.2 Å². The summed E-state index contributed by atoms with van der Waals surface area (Å²) in [4.78, 5) is 11.8. The molecule has 0 saturated heterocycles. The molecule has 0 heterocycles. The van der Waals surface area contributed by atoms with E-state index < -0.39 is 10.0 Å². The number of hydrogen-bond acceptors (Lipinski definition) is 3. The molecule has 0 saturated carbocycles. The maximum absolute atomic E-state index is 11.8. The standard InChI is InChI=1S/C14H22N2O3S/c1-4-9-16(20(3,18)19)11-14(17)15-10-13-8-6-5-7-12(13)2/h5-8H,4,9-11H2,1-3H3,(H,15,17). The van der Waals surface area contributed by atoms with Gasteiger partial charge in [0.15, 0.2) is 0 Å². The molecule has 0 aliphatic carbocycles. The van der Waals surface area contributed by atoms with Gasteiger partial charge in [-0.05, 0) is 24.5 Å². The zero-order valence-corrected chi connectivity index (χ0v) is 13.0. The van der Waals surface area contributed by atoms with Crippen molar-refractivity contribution in [2.45, 2.75) is 26.8 Å². The van der Waals surface area contributed by atoms with E-state index in [0.717, 1.165) is 17.4 Å². The van der Waals surface area contributed by atoms with Crippen LogP contribution in [0.25, 0.3) is 0 Å². The molecule has 0 atom stereocenters. The minimum absolute atomic E-state index is 0.126. The highest BCUT2D eigenvalue weighted by Gasteiger charge is 2.18. The zero-order chi connectivity index (χ0) is 15.2. The number of rotatable bonds is 7. The lowest BCUT2D eigenvalue weighted by Crippen LogP contribution is -2.40. The van der Waals surface area contributed by atoms with E-state index in [-0.39, 0.29) is 12.5 Å². The monoisotopic (exact) mass is 298 g/mol. The topological polar surface area (TPSA) is 66.5 Å². The van der Waals surface area contributed by atoms with Crippen LogP contribution >= 0.6 is 0 Å². The van der Waals surface area contributed by atoms with E-state index in [4.69, 9.17) is 0 Å². The van der Waals surface area contributed by atoms with Gasteiger partial charge in [0.2, 0.25) is 15.9 Å². The van der Waals surface area contributed by atoms with E-state index >= 15 is 0 Å². The van der Waals surface area contributed by atoms with Crippen molar-refractivity contribution in [1.82, 2.24) is 9.62 Å². The first-order chi connectivity index (χ1) is 9.34. The summed E-state index contributed by atoms with van der Waals surface area (Å²) < 4.78 is 24.3. The lowest BCUT2D eigenvalue weighted by atomic mass is 10.1. The van der Waals surface area contributed by atoms with Gasteiger partial charge >= 0.3 is 0 Å². The summed E-state index contributed by atoms with van der Waals surface area (Å²) in [5, 5.41) is 2.76. The molecular weight excluding hydrogens is 276 g/mol. The molecule has 1 aromatic carbocycles. The second-order valence-corrected chi connectivity index (χ2v) is 6.78. The summed E-state index contributed by atoms with van der Waals surface area (Å²) >= 11 is 0. The number of hydrogen-bond donors (Lipinski definition) is 1. The highest BCUT2D eigenvalue weighted by Crippen LogP contribution is 2.06. The predicted octanol–water partition coefficient (Wildman–Crippen LogP) is 1.28. The van der Waals surface area contributed by atoms with Crippen LogP contribution in [-0.2, 0) is 21.4 Å². The van der Waals surface area contributed by atoms with Crippen molar-refractivity contribution in [3.63, 3.8) is 0 Å². The van der Waals surface area contributed by atoms with E-state index in [1.54, 1.807) is 0 Å². The van der Waals surface area contributed by atoms with Gasteiger partial charge in [-0.2, -0.15) is 4.31 Å². The molecule has 20 heavy (non-hydrogen) atoms. The number of sulfonamides is 1. The van der Waals surface area contributed by atoms with Crippen molar-refractivity contribution in [2.75, 3.05) is 19.3 Å². The van der Waals surface area contributed by atoms with Gasteiger partial charge < -0.3 is 5.32 Å². The highest BCUT2D eigenvalue weighted by atomic mass is 32.2. The smallest absolute Gasteiger partial charge is 0.235 e. The fraction of sp³-hybridized carbons (Fsp3) is 0.500. The quantitative estimate of drug-likeness (QED) is 0.824. The first-order valence-electron chi connectivity index (χ1n) is 6.61. The van der Waals surface area contributed by atoms with Gasteiger partial charge in [-0.3, -0.25) is 4.79 Å². The van der Waals surface area contributed by atoms with Crippen molar-refractivity contribution in [3.05, 3.63) is 35.4 Å². The predicted molar refractivity (Wildman–Crippen MR) is 79.7 cm³/mol. The first-order valence-corrected chi connectivity index (χ1v) is 8.45. The summed E-state index contributed by atoms with van der Waals surface area (Å²) in [7, 11) is -3.34. The summed E-state index contributed by atoms with van der Waals surface area (Å²) in [5.74, 6) is -0.285. The molecule has 0 aromatic heterocycles. The van der Waals surface area contributed by atoms with Gasteiger partial charge in [0.05, 0.1) is 12.8 Å². The molecule has 112 valence electrons. The molecule has 5 nitrogen and oxygen atoms in total. The van der Waals surface area contributed by atoms with Crippen LogP contribution in [0.2, 0.25) is 0 Å². The van der Waals surface area contributed by atoms with E-state index in [9.17, 15) is 13.2 Å². The molecule has 0 aliphatic rings. The van der Waals surface area contributed by atoms with E-state index in [1.807, 2.05) is 38.1 Å². The second kappa shape index (κ2) is 7.40. The Balaban J connectivity index is 2.57. The maximum atomic E-state index is 11.8. The van der Waals surface area contributed by atoms with Crippen molar-refractivity contribution in [3.8, 4) is 0 Å². The molecule has 6 heteroatoms. The van der Waals surface area contributed by atoms with E-state index in [1.165, 1.54) is 4.31 Å². The third kappa shape index (κ3) is 5.30. The summed E-state index contributed by atoms with van der Waals surface area (Å²) in [5.41, 5.74) is 2.13. The molecule has 0 aliphatic heterocycles. The summed E-state index contributed by atoms with van der Waals surface area (Å²) in [6.45, 7) is 4.50. The van der Waals surface area contributed by atoms with Crippen molar-refractivity contribution >= 4 is 15.9 Å². The number of nitrogens with one attached hydrogen (secondary N) is 1. The van der Waals surface area contributed by atoms with Crippen molar-refractivity contribution < 1.29 is 13.2 Å². The minimum Gasteiger partial charge on any atom is -0.351 e. The normalized spacial score (nSPS) is 11.6. The van der Waals surface area contributed by atoms with E-state index in [2.05, 4.69) is 5.32 Å². The van der Waals surface area contributed by atoms with Gasteiger partial charge in [-0.15, -0.1) is 0 Å². The first kappa shape index (κ1) is 16.7. The Morgan fingerprint density at radius 1 is 1.30 bits per heavy atom. The molecule has 0 bridgehead atoms. The molecule has 1 aromatic rings. The van der Waals surface area contributed by atoms with Crippen LogP contribution in [0.15, 0.2) is 24.3 Å². The SMILES string of the molecule is CCCN(CC(=O)NCc1ccccc1C)S(C)(=O)=O. The Morgan fingerprint density at radius 2 is 1.95 bits per heavy atom. The molecule has 1 rings (SSSR count). The fourth-order valence-electron chi connectivity index (χ4n) is 1.83. The van der Waals surface area contributed by atoms with Gasteiger partial charge in [0.1, 0.15) is 0 Å². The lowest BCUT2D eigenvalue weighted by Gasteiger charge is -2.18. The highest BCUT2D eigenvalue weighted by molar-refractivity contribution is 7.88. The largest absolute Gasteiger partial charge is 0.351 e. The summed E-state index contributed by atoms with van der Waals surface area (Å²) in [6.07, 6.45) is 1.80. The van der Waals surface area contributed by atoms with Crippen LogP contribution in [0.4, 0.5) is 0 Å². The number of benzene rings is 1. The Labute approximate surface area is 121 Å². The third-order valence-corrected chi connectivity index (χ3v) is 4.25. The maximum Gasteiger partial charge on any atom is 0.235 e. The van der Waals surface area contributed by atoms with Crippen molar-refractivity contribution in [1.29, 1.82) is 0 Å². The zero-order valence-electron chi connectivity index (χ0n) is 12.2. The van der Waals surface area contributed by atoms with Gasteiger partial charge in [-0.25, -0.2) is 8.42 Å². The van der Waals surface area contributed by atoms with Crippen molar-refractivity contribution in [2.24, 2.45) is 0 Å². The summed E-state index contributed by atoms with van der Waals surface area (Å²) in [6, 6.07) is 7.76. The van der Waals surface area contributed by atoms with Crippen LogP contribution < -0.4 is 5.32 Å². The van der Waals surface area contributed by atoms with Crippen LogP contribution in [-0.4, -0.2) is 38.0 Å².